The second-order valence-electron chi connectivity index (χ2n) is 5.04. The normalized spacial score (nSPS) is 15.8. The first-order valence-corrected chi connectivity index (χ1v) is 7.35. The molecule has 0 heterocycles. The van der Waals surface area contributed by atoms with Crippen molar-refractivity contribution in [2.75, 3.05) is 14.2 Å². The molecule has 1 atom stereocenters. The quantitative estimate of drug-likeness (QED) is 0.904. The van der Waals surface area contributed by atoms with Gasteiger partial charge in [0.2, 0.25) is 5.91 Å². The van der Waals surface area contributed by atoms with E-state index in [1.807, 2.05) is 25.1 Å². The summed E-state index contributed by atoms with van der Waals surface area (Å²) in [6.45, 7) is 1.92. The van der Waals surface area contributed by atoms with Crippen molar-refractivity contribution < 1.29 is 14.3 Å². The summed E-state index contributed by atoms with van der Waals surface area (Å²) < 4.78 is 10.6. The van der Waals surface area contributed by atoms with Crippen molar-refractivity contribution >= 4 is 17.5 Å². The maximum atomic E-state index is 12.3. The molecule has 1 aliphatic carbocycles. The Balaban J connectivity index is 2.18. The van der Waals surface area contributed by atoms with Crippen LogP contribution in [-0.2, 0) is 4.79 Å². The van der Waals surface area contributed by atoms with Crippen LogP contribution in [-0.4, -0.2) is 20.1 Å². The molecule has 0 saturated heterocycles. The number of hydrogen-bond acceptors (Lipinski definition) is 3. The lowest BCUT2D eigenvalue weighted by atomic mass is 10.1. The predicted octanol–water partition coefficient (Wildman–Crippen LogP) is 3.56. The van der Waals surface area contributed by atoms with E-state index in [1.165, 1.54) is 0 Å². The van der Waals surface area contributed by atoms with Gasteiger partial charge in [0.1, 0.15) is 11.5 Å². The molecule has 114 valence electrons. The minimum Gasteiger partial charge on any atom is -0.497 e. The average Bonchev–Trinajstić information content (AvgIpc) is 2.92. The summed E-state index contributed by atoms with van der Waals surface area (Å²) >= 11 is 6.08. The van der Waals surface area contributed by atoms with Crippen LogP contribution in [0.1, 0.15) is 37.8 Å². The Bertz CT molecular complexity index is 569. The predicted molar refractivity (Wildman–Crippen MR) is 82.8 cm³/mol. The number of carbonyl (C=O) groups excluding carboxylic acids is 1. The molecule has 1 unspecified atom stereocenters. The first kappa shape index (κ1) is 15.7. The van der Waals surface area contributed by atoms with Crippen LogP contribution < -0.4 is 14.8 Å². The first-order valence-electron chi connectivity index (χ1n) is 6.97. The van der Waals surface area contributed by atoms with Crippen molar-refractivity contribution in [1.29, 1.82) is 0 Å². The molecule has 2 rings (SSSR count). The lowest BCUT2D eigenvalue weighted by Crippen LogP contribution is -2.28. The largest absolute Gasteiger partial charge is 0.497 e. The molecule has 1 aromatic rings. The summed E-state index contributed by atoms with van der Waals surface area (Å²) in [5, 5.41) is 3.66. The number of benzene rings is 1. The fourth-order valence-corrected chi connectivity index (χ4v) is 2.80. The van der Waals surface area contributed by atoms with E-state index in [9.17, 15) is 4.79 Å². The Labute approximate surface area is 130 Å². The molecule has 1 aliphatic rings. The van der Waals surface area contributed by atoms with Crippen LogP contribution in [0.2, 0.25) is 0 Å². The number of amides is 1. The van der Waals surface area contributed by atoms with Crippen LogP contribution in [0.15, 0.2) is 28.8 Å². The number of allylic oxidation sites excluding steroid dienone is 1. The number of carbonyl (C=O) groups is 1. The summed E-state index contributed by atoms with van der Waals surface area (Å²) in [5.41, 5.74) is 1.57. The van der Waals surface area contributed by atoms with Crippen molar-refractivity contribution in [2.45, 2.75) is 32.2 Å². The molecule has 0 aromatic heterocycles. The Hall–Kier alpha value is -1.68. The number of methoxy groups -OCH3 is 2. The molecule has 0 saturated carbocycles. The first-order chi connectivity index (χ1) is 10.1. The molecule has 0 radical (unpaired) electrons. The van der Waals surface area contributed by atoms with Gasteiger partial charge in [0.15, 0.2) is 0 Å². The lowest BCUT2D eigenvalue weighted by molar-refractivity contribution is -0.118. The molecule has 0 aliphatic heterocycles. The molecular weight excluding hydrogens is 290 g/mol. The van der Waals surface area contributed by atoms with Crippen molar-refractivity contribution in [3.63, 3.8) is 0 Å². The Kier molecular flexibility index (Phi) is 5.12. The van der Waals surface area contributed by atoms with Crippen LogP contribution in [0, 0.1) is 0 Å². The highest BCUT2D eigenvalue weighted by Gasteiger charge is 2.22. The van der Waals surface area contributed by atoms with Crippen LogP contribution in [0.5, 0.6) is 11.5 Å². The fraction of sp³-hybridized carbons (Fsp3) is 0.438. The van der Waals surface area contributed by atoms with E-state index in [2.05, 4.69) is 5.32 Å². The van der Waals surface area contributed by atoms with E-state index in [0.717, 1.165) is 36.3 Å². The van der Waals surface area contributed by atoms with Gasteiger partial charge in [-0.25, -0.2) is 0 Å². The summed E-state index contributed by atoms with van der Waals surface area (Å²) in [6.07, 6.45) is 2.48. The van der Waals surface area contributed by atoms with E-state index in [1.54, 1.807) is 14.2 Å². The van der Waals surface area contributed by atoms with Gasteiger partial charge in [-0.15, -0.1) is 0 Å². The molecule has 0 bridgehead atoms. The third-order valence-electron chi connectivity index (χ3n) is 3.68. The molecule has 5 heteroatoms. The maximum Gasteiger partial charge on any atom is 0.248 e. The number of ether oxygens (including phenoxy) is 2. The highest BCUT2D eigenvalue weighted by molar-refractivity contribution is 6.32. The molecule has 4 nitrogen and oxygen atoms in total. The van der Waals surface area contributed by atoms with Gasteiger partial charge in [0.05, 0.1) is 20.3 Å². The van der Waals surface area contributed by atoms with Gasteiger partial charge < -0.3 is 14.8 Å². The van der Waals surface area contributed by atoms with E-state index >= 15 is 0 Å². The smallest absolute Gasteiger partial charge is 0.248 e. The Morgan fingerprint density at radius 1 is 1.29 bits per heavy atom. The van der Waals surface area contributed by atoms with Gasteiger partial charge in [-0.2, -0.15) is 0 Å². The third-order valence-corrected chi connectivity index (χ3v) is 4.09. The van der Waals surface area contributed by atoms with Crippen LogP contribution in [0.25, 0.3) is 0 Å². The third kappa shape index (κ3) is 3.50. The zero-order valence-electron chi connectivity index (χ0n) is 12.5. The SMILES string of the molecule is COc1ccc(OC)c(C(C)NC(=O)C2=C(Cl)CCC2)c1. The van der Waals surface area contributed by atoms with Crippen LogP contribution in [0.3, 0.4) is 0 Å². The molecule has 0 fully saturated rings. The number of halogens is 1. The van der Waals surface area contributed by atoms with Crippen LogP contribution in [0.4, 0.5) is 0 Å². The van der Waals surface area contributed by atoms with E-state index in [4.69, 9.17) is 21.1 Å². The molecule has 21 heavy (non-hydrogen) atoms. The molecule has 1 amide bonds. The highest BCUT2D eigenvalue weighted by atomic mass is 35.5. The minimum absolute atomic E-state index is 0.102. The number of hydrogen-bond donors (Lipinski definition) is 1. The monoisotopic (exact) mass is 309 g/mol. The standard InChI is InChI=1S/C16H20ClNO3/c1-10(18-16(19)12-5-4-6-14(12)17)13-9-11(20-2)7-8-15(13)21-3/h7-10H,4-6H2,1-3H3,(H,18,19). The number of nitrogens with one attached hydrogen (secondary N) is 1. The van der Waals surface area contributed by atoms with Crippen molar-refractivity contribution in [1.82, 2.24) is 5.32 Å². The summed E-state index contributed by atoms with van der Waals surface area (Å²) in [4.78, 5) is 12.3. The van der Waals surface area contributed by atoms with Crippen molar-refractivity contribution in [2.24, 2.45) is 0 Å². The second-order valence-corrected chi connectivity index (χ2v) is 5.50. The zero-order chi connectivity index (χ0) is 15.4. The van der Waals surface area contributed by atoms with Gasteiger partial charge in [-0.3, -0.25) is 4.79 Å². The molecule has 0 spiro atoms. The lowest BCUT2D eigenvalue weighted by Gasteiger charge is -2.18. The topological polar surface area (TPSA) is 47.6 Å². The highest BCUT2D eigenvalue weighted by Crippen LogP contribution is 2.32. The molecular formula is C16H20ClNO3. The van der Waals surface area contributed by atoms with Gasteiger partial charge in [0, 0.05) is 16.2 Å². The van der Waals surface area contributed by atoms with Gasteiger partial charge in [-0.05, 0) is 44.4 Å². The van der Waals surface area contributed by atoms with Gasteiger partial charge >= 0.3 is 0 Å². The van der Waals surface area contributed by atoms with E-state index in [-0.39, 0.29) is 11.9 Å². The van der Waals surface area contributed by atoms with Crippen molar-refractivity contribution in [3.05, 3.63) is 34.4 Å². The summed E-state index contributed by atoms with van der Waals surface area (Å²) in [5.74, 6) is 1.34. The summed E-state index contributed by atoms with van der Waals surface area (Å²) in [6, 6.07) is 5.33. The average molecular weight is 310 g/mol. The maximum absolute atomic E-state index is 12.3. The summed E-state index contributed by atoms with van der Waals surface area (Å²) in [7, 11) is 3.22. The van der Waals surface area contributed by atoms with Gasteiger partial charge in [-0.1, -0.05) is 11.6 Å². The molecule has 1 N–H and O–H groups in total. The number of rotatable bonds is 5. The minimum atomic E-state index is -0.194. The Morgan fingerprint density at radius 3 is 2.62 bits per heavy atom. The molecule has 1 aromatic carbocycles. The van der Waals surface area contributed by atoms with Crippen molar-refractivity contribution in [3.8, 4) is 11.5 Å². The van der Waals surface area contributed by atoms with Gasteiger partial charge in [0.25, 0.3) is 0 Å². The fourth-order valence-electron chi connectivity index (χ4n) is 2.48. The van der Waals surface area contributed by atoms with E-state index < -0.39 is 0 Å². The Morgan fingerprint density at radius 2 is 2.05 bits per heavy atom. The second kappa shape index (κ2) is 6.85. The zero-order valence-corrected chi connectivity index (χ0v) is 13.3. The van der Waals surface area contributed by atoms with E-state index in [0.29, 0.717) is 10.6 Å². The van der Waals surface area contributed by atoms with Crippen LogP contribution >= 0.6 is 11.6 Å².